The number of ether oxygens (including phenoxy) is 6. The number of rotatable bonds is 13. The normalized spacial score (nSPS) is 10.8. The minimum absolute atomic E-state index is 0.0500. The van der Waals surface area contributed by atoms with E-state index in [1.807, 2.05) is 62.4 Å². The molecule has 0 saturated heterocycles. The monoisotopic (exact) mass is 530 g/mol. The summed E-state index contributed by atoms with van der Waals surface area (Å²) in [5.41, 5.74) is 4.46. The van der Waals surface area contributed by atoms with Gasteiger partial charge in [0, 0.05) is 35.9 Å². The first-order valence-electron chi connectivity index (χ1n) is 12.6. The second-order valence-corrected chi connectivity index (χ2v) is 8.99. The van der Waals surface area contributed by atoms with Crippen LogP contribution in [0.3, 0.4) is 0 Å². The molecule has 4 aromatic rings. The molecule has 0 aliphatic rings. The third kappa shape index (κ3) is 6.97. The number of hydrogen-bond donors (Lipinski definition) is 0. The van der Waals surface area contributed by atoms with Gasteiger partial charge in [0.05, 0.1) is 34.0 Å². The van der Waals surface area contributed by atoms with Gasteiger partial charge in [-0.15, -0.1) is 0 Å². The van der Waals surface area contributed by atoms with Crippen LogP contribution >= 0.6 is 0 Å². The Kier molecular flexibility index (Phi) is 9.58. The molecule has 0 bridgehead atoms. The molecule has 2 aromatic heterocycles. The first-order chi connectivity index (χ1) is 19.0. The lowest BCUT2D eigenvalue weighted by Crippen LogP contribution is -2.08. The van der Waals surface area contributed by atoms with E-state index in [-0.39, 0.29) is 6.10 Å². The van der Waals surface area contributed by atoms with Gasteiger partial charge >= 0.3 is 0 Å². The zero-order valence-corrected chi connectivity index (χ0v) is 23.0. The lowest BCUT2D eigenvalue weighted by atomic mass is 10.00. The second-order valence-electron chi connectivity index (χ2n) is 8.99. The predicted octanol–water partition coefficient (Wildman–Crippen LogP) is 6.25. The summed E-state index contributed by atoms with van der Waals surface area (Å²) in [6, 6.07) is 15.5. The summed E-state index contributed by atoms with van der Waals surface area (Å²) in [6.45, 7) is 5.03. The highest BCUT2D eigenvalue weighted by Crippen LogP contribution is 2.47. The number of hydrogen-bond acceptors (Lipinski definition) is 8. The maximum Gasteiger partial charge on any atom is 0.203 e. The summed E-state index contributed by atoms with van der Waals surface area (Å²) < 4.78 is 35.7. The van der Waals surface area contributed by atoms with Gasteiger partial charge < -0.3 is 28.4 Å². The smallest absolute Gasteiger partial charge is 0.203 e. The molecular weight excluding hydrogens is 496 g/mol. The van der Waals surface area contributed by atoms with Crippen molar-refractivity contribution < 1.29 is 28.4 Å². The van der Waals surface area contributed by atoms with E-state index in [1.54, 1.807) is 46.1 Å². The number of nitrogens with zero attached hydrogens (tertiary/aromatic N) is 2. The lowest BCUT2D eigenvalue weighted by Gasteiger charge is -2.22. The van der Waals surface area contributed by atoms with Crippen molar-refractivity contribution in [3.63, 3.8) is 0 Å². The van der Waals surface area contributed by atoms with Gasteiger partial charge in [-0.05, 0) is 66.9 Å². The Hall–Kier alpha value is -4.30. The molecular formula is C31H34N2O6. The van der Waals surface area contributed by atoms with Crippen molar-refractivity contribution in [2.75, 3.05) is 21.3 Å². The molecule has 0 saturated carbocycles. The first-order valence-corrected chi connectivity index (χ1v) is 12.6. The van der Waals surface area contributed by atoms with E-state index < -0.39 is 0 Å². The average molecular weight is 531 g/mol. The molecule has 0 radical (unpaired) electrons. The largest absolute Gasteiger partial charge is 0.493 e. The summed E-state index contributed by atoms with van der Waals surface area (Å²) in [5.74, 6) is 2.78. The minimum atomic E-state index is 0.0500. The fourth-order valence-electron chi connectivity index (χ4n) is 4.01. The van der Waals surface area contributed by atoms with Crippen LogP contribution in [-0.4, -0.2) is 37.4 Å². The summed E-state index contributed by atoms with van der Waals surface area (Å²) in [5, 5.41) is 0. The maximum absolute atomic E-state index is 6.51. The molecule has 0 atom stereocenters. The zero-order chi connectivity index (χ0) is 27.6. The fraction of sp³-hybridized carbons (Fsp3) is 0.290. The highest BCUT2D eigenvalue weighted by atomic mass is 16.5. The van der Waals surface area contributed by atoms with Gasteiger partial charge in [-0.2, -0.15) is 0 Å². The first kappa shape index (κ1) is 27.7. The van der Waals surface area contributed by atoms with Crippen LogP contribution in [0.15, 0.2) is 73.3 Å². The van der Waals surface area contributed by atoms with Crippen LogP contribution in [-0.2, 0) is 24.6 Å². The van der Waals surface area contributed by atoms with Crippen LogP contribution in [0, 0.1) is 0 Å². The third-order valence-corrected chi connectivity index (χ3v) is 6.01. The third-order valence-electron chi connectivity index (χ3n) is 6.01. The van der Waals surface area contributed by atoms with Crippen molar-refractivity contribution in [2.45, 2.75) is 39.8 Å². The summed E-state index contributed by atoms with van der Waals surface area (Å²) in [4.78, 5) is 8.22. The van der Waals surface area contributed by atoms with E-state index in [2.05, 4.69) is 9.97 Å². The standard InChI is InChI=1S/C31H34N2O6/c1-21(2)37-20-24-6-7-26(25-16-27(34-3)31(36-5)28(17-25)35-4)30(39-19-23-10-14-33-15-11-23)29(24)38-18-22-8-12-32-13-9-22/h6-17,21H,18-20H2,1-5H3. The Morgan fingerprint density at radius 2 is 1.15 bits per heavy atom. The molecule has 2 aromatic carbocycles. The SMILES string of the molecule is COc1cc(-c2ccc(COC(C)C)c(OCc3ccncc3)c2OCc2ccncc2)cc(OC)c1OC. The summed E-state index contributed by atoms with van der Waals surface area (Å²) >= 11 is 0. The average Bonchev–Trinajstić information content (AvgIpc) is 2.98. The summed E-state index contributed by atoms with van der Waals surface area (Å²) in [6.07, 6.45) is 7.02. The molecule has 0 spiro atoms. The van der Waals surface area contributed by atoms with Crippen molar-refractivity contribution in [3.05, 3.63) is 90.0 Å². The molecule has 204 valence electrons. The Morgan fingerprint density at radius 1 is 0.615 bits per heavy atom. The lowest BCUT2D eigenvalue weighted by molar-refractivity contribution is 0.0635. The molecule has 0 amide bonds. The van der Waals surface area contributed by atoms with Gasteiger partial charge in [-0.3, -0.25) is 9.97 Å². The Balaban J connectivity index is 1.85. The number of methoxy groups -OCH3 is 3. The number of pyridine rings is 2. The van der Waals surface area contributed by atoms with Crippen molar-refractivity contribution in [2.24, 2.45) is 0 Å². The van der Waals surface area contributed by atoms with Gasteiger partial charge in [-0.1, -0.05) is 12.1 Å². The summed E-state index contributed by atoms with van der Waals surface area (Å²) in [7, 11) is 4.77. The van der Waals surface area contributed by atoms with Gasteiger partial charge in [0.15, 0.2) is 23.0 Å². The van der Waals surface area contributed by atoms with Crippen molar-refractivity contribution >= 4 is 0 Å². The van der Waals surface area contributed by atoms with Crippen molar-refractivity contribution in [3.8, 4) is 39.9 Å². The van der Waals surface area contributed by atoms with Crippen molar-refractivity contribution in [1.82, 2.24) is 9.97 Å². The highest BCUT2D eigenvalue weighted by molar-refractivity contribution is 5.78. The number of aromatic nitrogens is 2. The molecule has 4 rings (SSSR count). The molecule has 0 fully saturated rings. The zero-order valence-electron chi connectivity index (χ0n) is 23.0. The quantitative estimate of drug-likeness (QED) is 0.201. The molecule has 0 aliphatic heterocycles. The van der Waals surface area contributed by atoms with Crippen LogP contribution in [0.1, 0.15) is 30.5 Å². The minimum Gasteiger partial charge on any atom is -0.493 e. The van der Waals surface area contributed by atoms with E-state index in [9.17, 15) is 0 Å². The topological polar surface area (TPSA) is 81.2 Å². The maximum atomic E-state index is 6.51. The Morgan fingerprint density at radius 3 is 1.64 bits per heavy atom. The fourth-order valence-corrected chi connectivity index (χ4v) is 4.01. The van der Waals surface area contributed by atoms with Crippen LogP contribution < -0.4 is 23.7 Å². The van der Waals surface area contributed by atoms with E-state index in [0.717, 1.165) is 27.8 Å². The highest BCUT2D eigenvalue weighted by Gasteiger charge is 2.22. The van der Waals surface area contributed by atoms with Gasteiger partial charge in [0.1, 0.15) is 13.2 Å². The molecule has 39 heavy (non-hydrogen) atoms. The van der Waals surface area contributed by atoms with E-state index >= 15 is 0 Å². The number of benzene rings is 2. The molecule has 0 unspecified atom stereocenters. The van der Waals surface area contributed by atoms with E-state index in [0.29, 0.717) is 48.6 Å². The Labute approximate surface area is 229 Å². The predicted molar refractivity (Wildman–Crippen MR) is 149 cm³/mol. The molecule has 8 heteroatoms. The van der Waals surface area contributed by atoms with Crippen LogP contribution in [0.5, 0.6) is 28.7 Å². The molecule has 0 N–H and O–H groups in total. The van der Waals surface area contributed by atoms with Crippen molar-refractivity contribution in [1.29, 1.82) is 0 Å². The molecule has 0 aliphatic carbocycles. The molecule has 2 heterocycles. The molecule has 8 nitrogen and oxygen atoms in total. The van der Waals surface area contributed by atoms with Gasteiger partial charge in [-0.25, -0.2) is 0 Å². The Bertz CT molecular complexity index is 1320. The van der Waals surface area contributed by atoms with Crippen LogP contribution in [0.4, 0.5) is 0 Å². The van der Waals surface area contributed by atoms with E-state index in [4.69, 9.17) is 28.4 Å². The second kappa shape index (κ2) is 13.5. The van der Waals surface area contributed by atoms with Crippen LogP contribution in [0.2, 0.25) is 0 Å². The van der Waals surface area contributed by atoms with Crippen LogP contribution in [0.25, 0.3) is 11.1 Å². The van der Waals surface area contributed by atoms with Gasteiger partial charge in [0.2, 0.25) is 5.75 Å². The van der Waals surface area contributed by atoms with E-state index in [1.165, 1.54) is 0 Å². The van der Waals surface area contributed by atoms with Gasteiger partial charge in [0.25, 0.3) is 0 Å².